The van der Waals surface area contributed by atoms with Crippen LogP contribution in [0.15, 0.2) is 0 Å². The van der Waals surface area contributed by atoms with E-state index in [2.05, 4.69) is 0 Å². The third-order valence-electron chi connectivity index (χ3n) is 3.34. The number of halogens is 3. The van der Waals surface area contributed by atoms with Crippen LogP contribution in [0, 0.1) is 5.92 Å². The molecule has 0 aromatic carbocycles. The van der Waals surface area contributed by atoms with Crippen LogP contribution >= 0.6 is 11.8 Å². The van der Waals surface area contributed by atoms with E-state index in [1.807, 2.05) is 6.92 Å². The zero-order chi connectivity index (χ0) is 14.5. The summed E-state index contributed by atoms with van der Waals surface area (Å²) in [6.07, 6.45) is -5.96. The zero-order valence-electron chi connectivity index (χ0n) is 10.9. The molecule has 112 valence electrons. The van der Waals surface area contributed by atoms with Gasteiger partial charge in [0.25, 0.3) is 0 Å². The van der Waals surface area contributed by atoms with E-state index in [4.69, 9.17) is 0 Å². The lowest BCUT2D eigenvalue weighted by Crippen LogP contribution is -2.45. The Morgan fingerprint density at radius 1 is 1.42 bits per heavy atom. The maximum atomic E-state index is 12.4. The Morgan fingerprint density at radius 2 is 2.00 bits per heavy atom. The summed E-state index contributed by atoms with van der Waals surface area (Å²) < 4.78 is 37.1. The van der Waals surface area contributed by atoms with Crippen LogP contribution in [0.5, 0.6) is 0 Å². The summed E-state index contributed by atoms with van der Waals surface area (Å²) in [5, 5.41) is 9.18. The van der Waals surface area contributed by atoms with Crippen LogP contribution in [0.4, 0.5) is 13.2 Å². The molecule has 1 aliphatic rings. The minimum absolute atomic E-state index is 0.000832. The van der Waals surface area contributed by atoms with Gasteiger partial charge in [0.05, 0.1) is 0 Å². The standard InChI is InChI=1S/C12H20F3NO2S/c1-2-19-8-5-10(17)16-6-3-9(4-7-16)11(18)12(13,14)15/h9,11,18H,2-8H2,1H3. The topological polar surface area (TPSA) is 40.5 Å². The number of alkyl halides is 3. The molecule has 1 amide bonds. The molecular weight excluding hydrogens is 279 g/mol. The minimum atomic E-state index is -4.56. The summed E-state index contributed by atoms with van der Waals surface area (Å²) in [6, 6.07) is 0. The number of thioether (sulfide) groups is 1. The highest BCUT2D eigenvalue weighted by Gasteiger charge is 2.44. The second-order valence-electron chi connectivity index (χ2n) is 4.65. The Balaban J connectivity index is 2.34. The molecule has 3 nitrogen and oxygen atoms in total. The second-order valence-corrected chi connectivity index (χ2v) is 6.05. The predicted molar refractivity (Wildman–Crippen MR) is 69.0 cm³/mol. The van der Waals surface area contributed by atoms with E-state index in [1.165, 1.54) is 0 Å². The predicted octanol–water partition coefficient (Wildman–Crippen LogP) is 2.29. The average molecular weight is 299 g/mol. The quantitative estimate of drug-likeness (QED) is 0.792. The summed E-state index contributed by atoms with van der Waals surface area (Å²) in [5.74, 6) is 0.920. The Labute approximate surface area is 115 Å². The first-order valence-corrected chi connectivity index (χ1v) is 7.62. The van der Waals surface area contributed by atoms with Gasteiger partial charge in [-0.2, -0.15) is 24.9 Å². The summed E-state index contributed by atoms with van der Waals surface area (Å²) >= 11 is 1.67. The summed E-state index contributed by atoms with van der Waals surface area (Å²) in [4.78, 5) is 13.4. The molecule has 1 saturated heterocycles. The monoisotopic (exact) mass is 299 g/mol. The Hall–Kier alpha value is -0.430. The van der Waals surface area contributed by atoms with E-state index >= 15 is 0 Å². The lowest BCUT2D eigenvalue weighted by atomic mass is 9.91. The van der Waals surface area contributed by atoms with Crippen molar-refractivity contribution < 1.29 is 23.1 Å². The molecule has 1 aliphatic heterocycles. The summed E-state index contributed by atoms with van der Waals surface area (Å²) in [5.41, 5.74) is 0. The van der Waals surface area contributed by atoms with Gasteiger partial charge < -0.3 is 10.0 Å². The van der Waals surface area contributed by atoms with Crippen LogP contribution < -0.4 is 0 Å². The normalized spacial score (nSPS) is 19.5. The Morgan fingerprint density at radius 3 is 2.47 bits per heavy atom. The van der Waals surface area contributed by atoms with E-state index in [9.17, 15) is 23.1 Å². The molecular formula is C12H20F3NO2S. The van der Waals surface area contributed by atoms with Crippen molar-refractivity contribution in [3.05, 3.63) is 0 Å². The molecule has 0 bridgehead atoms. The molecule has 1 heterocycles. The van der Waals surface area contributed by atoms with E-state index in [-0.39, 0.29) is 18.7 Å². The van der Waals surface area contributed by atoms with Gasteiger partial charge in [0.2, 0.25) is 5.91 Å². The molecule has 0 radical (unpaired) electrons. The number of carbonyl (C=O) groups is 1. The number of hydrogen-bond donors (Lipinski definition) is 1. The first-order valence-electron chi connectivity index (χ1n) is 6.46. The van der Waals surface area contributed by atoms with Crippen molar-refractivity contribution in [2.24, 2.45) is 5.92 Å². The number of likely N-dealkylation sites (tertiary alicyclic amines) is 1. The molecule has 0 aromatic heterocycles. The Bertz CT molecular complexity index is 291. The van der Waals surface area contributed by atoms with Gasteiger partial charge in [-0.25, -0.2) is 0 Å². The third-order valence-corrected chi connectivity index (χ3v) is 4.24. The van der Waals surface area contributed by atoms with Gasteiger partial charge in [0, 0.05) is 25.3 Å². The first-order chi connectivity index (χ1) is 8.86. The molecule has 7 heteroatoms. The fraction of sp³-hybridized carbons (Fsp3) is 0.917. The molecule has 1 N–H and O–H groups in total. The van der Waals surface area contributed by atoms with Crippen LogP contribution in [0.25, 0.3) is 0 Å². The molecule has 1 unspecified atom stereocenters. The third kappa shape index (κ3) is 5.22. The van der Waals surface area contributed by atoms with Gasteiger partial charge >= 0.3 is 6.18 Å². The second kappa shape index (κ2) is 7.38. The van der Waals surface area contributed by atoms with Crippen LogP contribution in [-0.4, -0.2) is 52.8 Å². The first kappa shape index (κ1) is 16.6. The van der Waals surface area contributed by atoms with E-state index in [0.717, 1.165) is 11.5 Å². The number of aliphatic hydroxyl groups excluding tert-OH is 1. The van der Waals surface area contributed by atoms with Gasteiger partial charge in [-0.1, -0.05) is 6.92 Å². The van der Waals surface area contributed by atoms with Gasteiger partial charge in [0.1, 0.15) is 0 Å². The molecule has 19 heavy (non-hydrogen) atoms. The lowest BCUT2D eigenvalue weighted by Gasteiger charge is -2.34. The fourth-order valence-electron chi connectivity index (χ4n) is 2.19. The SMILES string of the molecule is CCSCCC(=O)N1CCC(C(O)C(F)(F)F)CC1. The zero-order valence-corrected chi connectivity index (χ0v) is 11.8. The van der Waals surface area contributed by atoms with Crippen molar-refractivity contribution in [2.45, 2.75) is 38.5 Å². The minimum Gasteiger partial charge on any atom is -0.383 e. The van der Waals surface area contributed by atoms with E-state index in [1.54, 1.807) is 16.7 Å². The molecule has 1 rings (SSSR count). The Kier molecular flexibility index (Phi) is 6.46. The highest BCUT2D eigenvalue weighted by atomic mass is 32.2. The molecule has 0 aliphatic carbocycles. The maximum absolute atomic E-state index is 12.4. The molecule has 0 saturated carbocycles. The molecule has 0 aromatic rings. The van der Waals surface area contributed by atoms with Gasteiger partial charge in [-0.3, -0.25) is 4.79 Å². The number of hydrogen-bond acceptors (Lipinski definition) is 3. The largest absolute Gasteiger partial charge is 0.414 e. The van der Waals surface area contributed by atoms with Crippen molar-refractivity contribution in [2.75, 3.05) is 24.6 Å². The van der Waals surface area contributed by atoms with Gasteiger partial charge in [-0.15, -0.1) is 0 Å². The highest BCUT2D eigenvalue weighted by molar-refractivity contribution is 7.99. The number of rotatable bonds is 5. The van der Waals surface area contributed by atoms with E-state index < -0.39 is 18.2 Å². The van der Waals surface area contributed by atoms with Crippen molar-refractivity contribution in [3.8, 4) is 0 Å². The highest BCUT2D eigenvalue weighted by Crippen LogP contribution is 2.31. The summed E-state index contributed by atoms with van der Waals surface area (Å²) in [7, 11) is 0. The van der Waals surface area contributed by atoms with Gasteiger partial charge in [-0.05, 0) is 24.5 Å². The number of amides is 1. The summed E-state index contributed by atoms with van der Waals surface area (Å²) in [6.45, 7) is 2.64. The molecule has 1 atom stereocenters. The number of aliphatic hydroxyl groups is 1. The van der Waals surface area contributed by atoms with Crippen LogP contribution in [0.1, 0.15) is 26.2 Å². The van der Waals surface area contributed by atoms with Crippen molar-refractivity contribution in [1.82, 2.24) is 4.90 Å². The van der Waals surface area contributed by atoms with Crippen molar-refractivity contribution in [1.29, 1.82) is 0 Å². The number of carbonyl (C=O) groups excluding carboxylic acids is 1. The number of nitrogens with zero attached hydrogens (tertiary/aromatic N) is 1. The van der Waals surface area contributed by atoms with Crippen molar-refractivity contribution >= 4 is 17.7 Å². The van der Waals surface area contributed by atoms with Crippen LogP contribution in [-0.2, 0) is 4.79 Å². The van der Waals surface area contributed by atoms with Gasteiger partial charge in [0.15, 0.2) is 6.10 Å². The van der Waals surface area contributed by atoms with Crippen LogP contribution in [0.3, 0.4) is 0 Å². The number of piperidine rings is 1. The average Bonchev–Trinajstić information content (AvgIpc) is 2.37. The maximum Gasteiger partial charge on any atom is 0.414 e. The molecule has 0 spiro atoms. The fourth-order valence-corrected chi connectivity index (χ4v) is 2.80. The molecule has 1 fully saturated rings. The van der Waals surface area contributed by atoms with E-state index in [0.29, 0.717) is 19.5 Å². The smallest absolute Gasteiger partial charge is 0.383 e. The lowest BCUT2D eigenvalue weighted by molar-refractivity contribution is -0.222. The van der Waals surface area contributed by atoms with Crippen LogP contribution in [0.2, 0.25) is 0 Å². The van der Waals surface area contributed by atoms with Crippen molar-refractivity contribution in [3.63, 3.8) is 0 Å².